The van der Waals surface area contributed by atoms with Crippen LogP contribution in [0.15, 0.2) is 52.4 Å². The zero-order valence-electron chi connectivity index (χ0n) is 9.59. The second-order valence-corrected chi connectivity index (χ2v) is 4.61. The van der Waals surface area contributed by atoms with Crippen LogP contribution >= 0.6 is 11.8 Å². The van der Waals surface area contributed by atoms with Crippen molar-refractivity contribution in [3.63, 3.8) is 0 Å². The van der Waals surface area contributed by atoms with Crippen molar-refractivity contribution in [2.45, 2.75) is 16.3 Å². The van der Waals surface area contributed by atoms with E-state index < -0.39 is 0 Å². The molecule has 4 heteroatoms. The summed E-state index contributed by atoms with van der Waals surface area (Å²) < 4.78 is 5.19. The molecule has 3 nitrogen and oxygen atoms in total. The Morgan fingerprint density at radius 2 is 2.06 bits per heavy atom. The molecule has 0 aliphatic carbocycles. The van der Waals surface area contributed by atoms with Crippen LogP contribution < -0.4 is 10.5 Å². The van der Waals surface area contributed by atoms with E-state index in [9.17, 15) is 0 Å². The summed E-state index contributed by atoms with van der Waals surface area (Å²) in [4.78, 5) is 6.44. The van der Waals surface area contributed by atoms with Crippen LogP contribution in [0.5, 0.6) is 5.75 Å². The first kappa shape index (κ1) is 12.0. The van der Waals surface area contributed by atoms with Crippen molar-refractivity contribution in [3.8, 4) is 5.75 Å². The highest BCUT2D eigenvalue weighted by molar-refractivity contribution is 7.99. The molecule has 0 aliphatic rings. The van der Waals surface area contributed by atoms with E-state index in [4.69, 9.17) is 10.5 Å². The van der Waals surface area contributed by atoms with Crippen molar-refractivity contribution in [2.24, 2.45) is 5.73 Å². The highest BCUT2D eigenvalue weighted by atomic mass is 32.2. The quantitative estimate of drug-likeness (QED) is 0.901. The average Bonchev–Trinajstić information content (AvgIpc) is 2.39. The van der Waals surface area contributed by atoms with Gasteiger partial charge in [0.25, 0.3) is 0 Å². The summed E-state index contributed by atoms with van der Waals surface area (Å²) in [7, 11) is 1.67. The van der Waals surface area contributed by atoms with Crippen molar-refractivity contribution >= 4 is 11.8 Å². The van der Waals surface area contributed by atoms with Gasteiger partial charge in [-0.05, 0) is 30.3 Å². The van der Waals surface area contributed by atoms with Crippen molar-refractivity contribution in [1.29, 1.82) is 0 Å². The Balaban J connectivity index is 2.18. The average molecular weight is 246 g/mol. The topological polar surface area (TPSA) is 48.1 Å². The maximum atomic E-state index is 5.57. The van der Waals surface area contributed by atoms with Crippen LogP contribution in [0.2, 0.25) is 0 Å². The third-order valence-corrected chi connectivity index (χ3v) is 3.25. The molecule has 0 amide bonds. The van der Waals surface area contributed by atoms with Gasteiger partial charge in [0.1, 0.15) is 5.75 Å². The van der Waals surface area contributed by atoms with E-state index in [0.29, 0.717) is 6.54 Å². The predicted octanol–water partition coefficient (Wildman–Crippen LogP) is 2.70. The highest BCUT2D eigenvalue weighted by Crippen LogP contribution is 2.29. The zero-order valence-corrected chi connectivity index (χ0v) is 10.4. The molecule has 0 radical (unpaired) electrons. The molecule has 1 heterocycles. The Hall–Kier alpha value is -1.52. The molecule has 0 bridgehead atoms. The monoisotopic (exact) mass is 246 g/mol. The number of hydrogen-bond acceptors (Lipinski definition) is 4. The molecule has 2 aromatic rings. The van der Waals surface area contributed by atoms with E-state index in [1.54, 1.807) is 25.1 Å². The van der Waals surface area contributed by atoms with Gasteiger partial charge in [-0.1, -0.05) is 17.8 Å². The molecule has 0 spiro atoms. The van der Waals surface area contributed by atoms with Crippen LogP contribution in [0.1, 0.15) is 5.69 Å². The molecule has 17 heavy (non-hydrogen) atoms. The lowest BCUT2D eigenvalue weighted by Gasteiger charge is -2.05. The van der Waals surface area contributed by atoms with Crippen molar-refractivity contribution in [2.75, 3.05) is 7.11 Å². The number of ether oxygens (including phenoxy) is 1. The molecule has 1 aromatic carbocycles. The molecular weight excluding hydrogens is 232 g/mol. The molecular formula is C13H14N2OS. The fourth-order valence-electron chi connectivity index (χ4n) is 1.43. The van der Waals surface area contributed by atoms with Crippen LogP contribution in [0.3, 0.4) is 0 Å². The molecule has 0 atom stereocenters. The number of nitrogens with two attached hydrogens (primary N) is 1. The molecule has 2 N–H and O–H groups in total. The van der Waals surface area contributed by atoms with Crippen molar-refractivity contribution in [3.05, 3.63) is 48.3 Å². The minimum absolute atomic E-state index is 0.465. The fourth-order valence-corrected chi connectivity index (χ4v) is 2.35. The van der Waals surface area contributed by atoms with Gasteiger partial charge in [0.05, 0.1) is 12.8 Å². The molecule has 0 unspecified atom stereocenters. The van der Waals surface area contributed by atoms with E-state index in [-0.39, 0.29) is 0 Å². The maximum Gasteiger partial charge on any atom is 0.119 e. The van der Waals surface area contributed by atoms with Gasteiger partial charge in [0.15, 0.2) is 0 Å². The Morgan fingerprint density at radius 1 is 1.24 bits per heavy atom. The number of methoxy groups -OCH3 is 1. The molecule has 2 rings (SSSR count). The molecule has 0 fully saturated rings. The summed E-state index contributed by atoms with van der Waals surface area (Å²) in [6, 6.07) is 11.9. The zero-order chi connectivity index (χ0) is 12.1. The number of hydrogen-bond donors (Lipinski definition) is 1. The van der Waals surface area contributed by atoms with Gasteiger partial charge in [-0.25, -0.2) is 0 Å². The summed E-state index contributed by atoms with van der Waals surface area (Å²) in [6.07, 6.45) is 1.78. The largest absolute Gasteiger partial charge is 0.497 e. The lowest BCUT2D eigenvalue weighted by atomic mass is 10.3. The Morgan fingerprint density at radius 3 is 2.82 bits per heavy atom. The fraction of sp³-hybridized carbons (Fsp3) is 0.154. The van der Waals surface area contributed by atoms with Gasteiger partial charge >= 0.3 is 0 Å². The highest BCUT2D eigenvalue weighted by Gasteiger charge is 2.00. The van der Waals surface area contributed by atoms with Gasteiger partial charge in [-0.3, -0.25) is 4.98 Å². The third kappa shape index (κ3) is 3.22. The second kappa shape index (κ2) is 5.70. The standard InChI is InChI=1S/C13H14N2OS/c1-16-11-3-2-4-12(8-11)17-13-5-6-15-10(7-13)9-14/h2-8H,9,14H2,1H3. The number of pyridine rings is 1. The Bertz CT molecular complexity index is 457. The minimum Gasteiger partial charge on any atom is -0.497 e. The second-order valence-electron chi connectivity index (χ2n) is 3.47. The molecule has 0 saturated carbocycles. The first-order valence-corrected chi connectivity index (χ1v) is 6.10. The van der Waals surface area contributed by atoms with Crippen LogP contribution in [-0.4, -0.2) is 12.1 Å². The molecule has 1 aromatic heterocycles. The normalized spacial score (nSPS) is 10.2. The van der Waals surface area contributed by atoms with Gasteiger partial charge < -0.3 is 10.5 Å². The maximum absolute atomic E-state index is 5.57. The minimum atomic E-state index is 0.465. The number of benzene rings is 1. The van der Waals surface area contributed by atoms with Crippen molar-refractivity contribution in [1.82, 2.24) is 4.98 Å². The first-order chi connectivity index (χ1) is 8.31. The van der Waals surface area contributed by atoms with E-state index in [1.165, 1.54) is 0 Å². The van der Waals surface area contributed by atoms with Crippen molar-refractivity contribution < 1.29 is 4.74 Å². The van der Waals surface area contributed by atoms with E-state index in [2.05, 4.69) is 11.1 Å². The summed E-state index contributed by atoms with van der Waals surface area (Å²) in [6.45, 7) is 0.465. The summed E-state index contributed by atoms with van der Waals surface area (Å²) >= 11 is 1.67. The van der Waals surface area contributed by atoms with Gasteiger partial charge in [0, 0.05) is 22.5 Å². The first-order valence-electron chi connectivity index (χ1n) is 5.28. The summed E-state index contributed by atoms with van der Waals surface area (Å²) in [5.74, 6) is 0.864. The summed E-state index contributed by atoms with van der Waals surface area (Å²) in [5.41, 5.74) is 6.47. The van der Waals surface area contributed by atoms with Gasteiger partial charge in [-0.2, -0.15) is 0 Å². The van der Waals surface area contributed by atoms with Crippen LogP contribution in [0.25, 0.3) is 0 Å². The van der Waals surface area contributed by atoms with Crippen LogP contribution in [-0.2, 0) is 6.54 Å². The Labute approximate surface area is 105 Å². The van der Waals surface area contributed by atoms with E-state index in [0.717, 1.165) is 21.2 Å². The van der Waals surface area contributed by atoms with Crippen LogP contribution in [0, 0.1) is 0 Å². The Kier molecular flexibility index (Phi) is 4.01. The van der Waals surface area contributed by atoms with Gasteiger partial charge in [-0.15, -0.1) is 0 Å². The van der Waals surface area contributed by atoms with E-state index >= 15 is 0 Å². The lowest BCUT2D eigenvalue weighted by molar-refractivity contribution is 0.413. The van der Waals surface area contributed by atoms with Gasteiger partial charge in [0.2, 0.25) is 0 Å². The van der Waals surface area contributed by atoms with Crippen LogP contribution in [0.4, 0.5) is 0 Å². The number of aromatic nitrogens is 1. The smallest absolute Gasteiger partial charge is 0.119 e. The third-order valence-electron chi connectivity index (χ3n) is 2.27. The predicted molar refractivity (Wildman–Crippen MR) is 69.2 cm³/mol. The number of rotatable bonds is 4. The SMILES string of the molecule is COc1cccc(Sc2ccnc(CN)c2)c1. The summed E-state index contributed by atoms with van der Waals surface area (Å²) in [5, 5.41) is 0. The lowest BCUT2D eigenvalue weighted by Crippen LogP contribution is -1.98. The number of nitrogens with zero attached hydrogens (tertiary/aromatic N) is 1. The molecule has 88 valence electrons. The molecule has 0 saturated heterocycles. The van der Waals surface area contributed by atoms with E-state index in [1.807, 2.05) is 30.3 Å². The molecule has 0 aliphatic heterocycles.